The van der Waals surface area contributed by atoms with Gasteiger partial charge < -0.3 is 4.90 Å². The highest BCUT2D eigenvalue weighted by Crippen LogP contribution is 2.18. The summed E-state index contributed by atoms with van der Waals surface area (Å²) >= 11 is 0. The summed E-state index contributed by atoms with van der Waals surface area (Å²) in [5.41, 5.74) is 2.49. The monoisotopic (exact) mass is 326 g/mol. The van der Waals surface area contributed by atoms with Crippen molar-refractivity contribution in [2.75, 3.05) is 26.3 Å². The van der Waals surface area contributed by atoms with Crippen molar-refractivity contribution in [1.29, 1.82) is 0 Å². The topological polar surface area (TPSA) is 62.1 Å². The molecule has 1 saturated heterocycles. The Morgan fingerprint density at radius 2 is 1.79 bits per heavy atom. The van der Waals surface area contributed by atoms with Crippen molar-refractivity contribution in [1.82, 2.24) is 9.80 Å². The van der Waals surface area contributed by atoms with Crippen molar-refractivity contribution in [3.05, 3.63) is 54.6 Å². The number of benzene rings is 1. The van der Waals surface area contributed by atoms with E-state index in [1.54, 1.807) is 0 Å². The van der Waals surface area contributed by atoms with Gasteiger partial charge in [0.25, 0.3) is 0 Å². The van der Waals surface area contributed by atoms with Gasteiger partial charge >= 0.3 is 17.8 Å². The number of nitrogens with one attached hydrogen (secondary N) is 1. The molecule has 0 aromatic heterocycles. The fraction of sp³-hybridized carbons (Fsp3) is 0.278. The maximum atomic E-state index is 12.2. The summed E-state index contributed by atoms with van der Waals surface area (Å²) in [6, 6.07) is 9.62. The standard InChI is InChI=1S/C18H19N3O3/c1-2-10-20-16(22)17(23)21(18(20)24)13-19-11-8-15(9-12-19)14-6-4-3-5-7-14/h2-8H,1,9-13H2/p+1. The number of carbonyl (C=O) groups excluding carboxylic acids is 3. The lowest BCUT2D eigenvalue weighted by atomic mass is 10.00. The fourth-order valence-corrected chi connectivity index (χ4v) is 3.04. The first kappa shape index (κ1) is 16.1. The third-order valence-electron chi connectivity index (χ3n) is 4.36. The zero-order valence-electron chi connectivity index (χ0n) is 13.4. The Hall–Kier alpha value is -2.73. The van der Waals surface area contributed by atoms with Gasteiger partial charge in [0.05, 0.1) is 13.1 Å². The van der Waals surface area contributed by atoms with Gasteiger partial charge in [0.1, 0.15) is 0 Å². The van der Waals surface area contributed by atoms with E-state index in [9.17, 15) is 14.4 Å². The molecule has 6 heteroatoms. The van der Waals surface area contributed by atoms with Crippen LogP contribution >= 0.6 is 0 Å². The van der Waals surface area contributed by atoms with Gasteiger partial charge in [-0.2, -0.15) is 0 Å². The molecule has 0 aliphatic carbocycles. The van der Waals surface area contributed by atoms with E-state index in [1.165, 1.54) is 17.2 Å². The van der Waals surface area contributed by atoms with E-state index in [0.717, 1.165) is 34.2 Å². The van der Waals surface area contributed by atoms with Gasteiger partial charge in [-0.1, -0.05) is 36.4 Å². The van der Waals surface area contributed by atoms with Crippen molar-refractivity contribution in [3.8, 4) is 0 Å². The van der Waals surface area contributed by atoms with Gasteiger partial charge in [0, 0.05) is 13.0 Å². The van der Waals surface area contributed by atoms with Gasteiger partial charge in [-0.15, -0.1) is 6.58 Å². The van der Waals surface area contributed by atoms with Crippen LogP contribution < -0.4 is 4.90 Å². The van der Waals surface area contributed by atoms with Crippen molar-refractivity contribution >= 4 is 23.4 Å². The van der Waals surface area contributed by atoms with Crippen LogP contribution in [0.2, 0.25) is 0 Å². The summed E-state index contributed by atoms with van der Waals surface area (Å²) in [4.78, 5) is 39.1. The Labute approximate surface area is 140 Å². The van der Waals surface area contributed by atoms with Crippen LogP contribution in [0.1, 0.15) is 12.0 Å². The van der Waals surface area contributed by atoms with Crippen LogP contribution in [0.4, 0.5) is 4.79 Å². The van der Waals surface area contributed by atoms with Crippen molar-refractivity contribution in [3.63, 3.8) is 0 Å². The minimum absolute atomic E-state index is 0.0628. The lowest BCUT2D eigenvalue weighted by Crippen LogP contribution is -3.14. The number of quaternary nitrogens is 1. The second-order valence-electron chi connectivity index (χ2n) is 5.93. The van der Waals surface area contributed by atoms with E-state index in [-0.39, 0.29) is 13.2 Å². The van der Waals surface area contributed by atoms with Gasteiger partial charge in [-0.05, 0) is 17.2 Å². The Bertz CT molecular complexity index is 711. The molecule has 24 heavy (non-hydrogen) atoms. The average Bonchev–Trinajstić information content (AvgIpc) is 2.81. The van der Waals surface area contributed by atoms with E-state index in [2.05, 4.69) is 24.8 Å². The van der Waals surface area contributed by atoms with Crippen LogP contribution in [0.5, 0.6) is 0 Å². The Balaban J connectivity index is 1.65. The Kier molecular flexibility index (Phi) is 4.57. The molecule has 0 spiro atoms. The molecular formula is C18H20N3O3+. The first-order valence-electron chi connectivity index (χ1n) is 7.98. The minimum atomic E-state index is -0.767. The normalized spacial score (nSPS) is 21.2. The van der Waals surface area contributed by atoms with Crippen LogP contribution in [0.15, 0.2) is 49.1 Å². The van der Waals surface area contributed by atoms with E-state index in [1.807, 2.05) is 18.2 Å². The summed E-state index contributed by atoms with van der Waals surface area (Å²) in [5, 5.41) is 0. The molecule has 1 aromatic rings. The number of hydrogen-bond acceptors (Lipinski definition) is 3. The molecule has 1 atom stereocenters. The highest BCUT2D eigenvalue weighted by molar-refractivity contribution is 6.44. The molecule has 1 unspecified atom stereocenters. The summed E-state index contributed by atoms with van der Waals surface area (Å²) in [6.45, 7) is 5.32. The molecule has 1 N–H and O–H groups in total. The number of urea groups is 1. The van der Waals surface area contributed by atoms with Crippen LogP contribution in [0.25, 0.3) is 5.57 Å². The highest BCUT2D eigenvalue weighted by Gasteiger charge is 2.45. The molecule has 124 valence electrons. The number of rotatable bonds is 5. The molecule has 0 radical (unpaired) electrons. The molecule has 1 fully saturated rings. The largest absolute Gasteiger partial charge is 0.339 e. The zero-order chi connectivity index (χ0) is 17.1. The number of hydrogen-bond donors (Lipinski definition) is 1. The summed E-state index contributed by atoms with van der Waals surface area (Å²) < 4.78 is 0. The summed E-state index contributed by atoms with van der Waals surface area (Å²) in [5.74, 6) is -1.51. The Morgan fingerprint density at radius 1 is 1.08 bits per heavy atom. The third kappa shape index (κ3) is 3.00. The second kappa shape index (κ2) is 6.80. The van der Waals surface area contributed by atoms with E-state index in [0.29, 0.717) is 0 Å². The average molecular weight is 326 g/mol. The summed E-state index contributed by atoms with van der Waals surface area (Å²) in [6.07, 6.45) is 4.46. The molecule has 2 heterocycles. The van der Waals surface area contributed by atoms with E-state index >= 15 is 0 Å². The predicted molar refractivity (Wildman–Crippen MR) is 88.8 cm³/mol. The third-order valence-corrected chi connectivity index (χ3v) is 4.36. The first-order chi connectivity index (χ1) is 11.6. The van der Waals surface area contributed by atoms with Crippen molar-refractivity contribution in [2.24, 2.45) is 0 Å². The van der Waals surface area contributed by atoms with Crippen molar-refractivity contribution < 1.29 is 19.3 Å². The fourth-order valence-electron chi connectivity index (χ4n) is 3.04. The Morgan fingerprint density at radius 3 is 2.42 bits per heavy atom. The van der Waals surface area contributed by atoms with Gasteiger partial charge in [-0.25, -0.2) is 9.69 Å². The van der Waals surface area contributed by atoms with Crippen LogP contribution in [0.3, 0.4) is 0 Å². The molecule has 3 rings (SSSR count). The lowest BCUT2D eigenvalue weighted by molar-refractivity contribution is -0.902. The van der Waals surface area contributed by atoms with Crippen LogP contribution in [0, 0.1) is 0 Å². The zero-order valence-corrected chi connectivity index (χ0v) is 13.4. The smallest absolute Gasteiger partial charge is 0.314 e. The van der Waals surface area contributed by atoms with Gasteiger partial charge in [0.15, 0.2) is 6.67 Å². The minimum Gasteiger partial charge on any atom is -0.314 e. The van der Waals surface area contributed by atoms with Gasteiger partial charge in [0.2, 0.25) is 0 Å². The maximum absolute atomic E-state index is 12.2. The molecule has 2 aliphatic rings. The maximum Gasteiger partial charge on any atom is 0.339 e. The molecule has 0 bridgehead atoms. The van der Waals surface area contributed by atoms with Gasteiger partial charge in [-0.3, -0.25) is 14.5 Å². The molecule has 0 saturated carbocycles. The second-order valence-corrected chi connectivity index (χ2v) is 5.93. The molecule has 1 aromatic carbocycles. The molecule has 6 nitrogen and oxygen atoms in total. The molecule has 4 amide bonds. The number of carbonyl (C=O) groups is 3. The summed E-state index contributed by atoms with van der Waals surface area (Å²) in [7, 11) is 0. The van der Waals surface area contributed by atoms with E-state index < -0.39 is 17.8 Å². The quantitative estimate of drug-likeness (QED) is 0.481. The lowest BCUT2D eigenvalue weighted by Gasteiger charge is -2.26. The molecule has 2 aliphatic heterocycles. The van der Waals surface area contributed by atoms with E-state index in [4.69, 9.17) is 0 Å². The number of imide groups is 2. The highest BCUT2D eigenvalue weighted by atomic mass is 16.2. The van der Waals surface area contributed by atoms with Crippen LogP contribution in [-0.4, -0.2) is 53.9 Å². The SMILES string of the molecule is C=CCN1C(=O)C(=O)N(C[NH+]2CC=C(c3ccccc3)CC2)C1=O. The first-order valence-corrected chi connectivity index (χ1v) is 7.98. The van der Waals surface area contributed by atoms with Crippen LogP contribution in [-0.2, 0) is 9.59 Å². The van der Waals surface area contributed by atoms with Crippen molar-refractivity contribution in [2.45, 2.75) is 6.42 Å². The predicted octanol–water partition coefficient (Wildman–Crippen LogP) is 0.293. The number of amides is 4. The number of nitrogens with zero attached hydrogens (tertiary/aromatic N) is 2. The molecular weight excluding hydrogens is 306 g/mol.